The summed E-state index contributed by atoms with van der Waals surface area (Å²) < 4.78 is 0. The molecule has 15 heavy (non-hydrogen) atoms. The highest BCUT2D eigenvalue weighted by Gasteiger charge is 2.11. The summed E-state index contributed by atoms with van der Waals surface area (Å²) in [5.74, 6) is 0. The zero-order valence-corrected chi connectivity index (χ0v) is 8.91. The number of aromatic nitrogens is 1. The number of nitriles is 1. The van der Waals surface area contributed by atoms with E-state index in [4.69, 9.17) is 5.26 Å². The summed E-state index contributed by atoms with van der Waals surface area (Å²) in [4.78, 5) is 5.28. The molecule has 1 N–H and O–H groups in total. The van der Waals surface area contributed by atoms with Gasteiger partial charge in [0.05, 0.1) is 11.8 Å². The van der Waals surface area contributed by atoms with Gasteiger partial charge in [-0.25, -0.2) is 0 Å². The third-order valence-corrected chi connectivity index (χ3v) is 2.55. The molecule has 1 aromatic carbocycles. The van der Waals surface area contributed by atoms with E-state index in [-0.39, 0.29) is 0 Å². The molecule has 0 saturated carbocycles. The molecular formula is C12H13N3. The number of H-pyrrole nitrogens is 1. The monoisotopic (exact) mass is 199 g/mol. The van der Waals surface area contributed by atoms with Gasteiger partial charge >= 0.3 is 0 Å². The van der Waals surface area contributed by atoms with Crippen molar-refractivity contribution in [2.75, 3.05) is 18.5 Å². The van der Waals surface area contributed by atoms with Gasteiger partial charge in [-0.1, -0.05) is 18.2 Å². The molecule has 2 aromatic rings. The molecule has 3 heteroatoms. The van der Waals surface area contributed by atoms with Gasteiger partial charge in [-0.3, -0.25) is 0 Å². The Morgan fingerprint density at radius 2 is 2.13 bits per heavy atom. The summed E-state index contributed by atoms with van der Waals surface area (Å²) in [5.41, 5.74) is 3.34. The Kier molecular flexibility index (Phi) is 2.34. The van der Waals surface area contributed by atoms with Gasteiger partial charge < -0.3 is 9.88 Å². The molecule has 0 saturated heterocycles. The third kappa shape index (κ3) is 1.55. The molecule has 0 bridgehead atoms. The van der Waals surface area contributed by atoms with Gasteiger partial charge in [0.2, 0.25) is 0 Å². The van der Waals surface area contributed by atoms with Crippen LogP contribution in [0.2, 0.25) is 0 Å². The van der Waals surface area contributed by atoms with Crippen LogP contribution in [-0.2, 0) is 0 Å². The lowest BCUT2D eigenvalue weighted by Crippen LogP contribution is -2.17. The average Bonchev–Trinajstić information content (AvgIpc) is 2.54. The number of nitrogens with zero attached hydrogens (tertiary/aromatic N) is 2. The second-order valence-electron chi connectivity index (χ2n) is 3.66. The normalized spacial score (nSPS) is 10.2. The van der Waals surface area contributed by atoms with Gasteiger partial charge in [-0.2, -0.15) is 5.26 Å². The molecule has 0 spiro atoms. The fraction of sp³-hybridized carbons (Fsp3) is 0.250. The molecule has 76 valence electrons. The number of fused-ring (bicyclic) bond motifs is 1. The molecule has 0 aliphatic rings. The van der Waals surface area contributed by atoms with Crippen LogP contribution in [0.3, 0.4) is 0 Å². The molecule has 0 aliphatic heterocycles. The summed E-state index contributed by atoms with van der Waals surface area (Å²) in [6.07, 6.45) is 0. The van der Waals surface area contributed by atoms with Gasteiger partial charge in [0.25, 0.3) is 0 Å². The van der Waals surface area contributed by atoms with E-state index in [1.54, 1.807) is 0 Å². The quantitative estimate of drug-likeness (QED) is 0.755. The van der Waals surface area contributed by atoms with Crippen LogP contribution in [0.1, 0.15) is 5.69 Å². The van der Waals surface area contributed by atoms with Gasteiger partial charge in [-0.05, 0) is 13.0 Å². The van der Waals surface area contributed by atoms with Crippen LogP contribution >= 0.6 is 0 Å². The molecule has 0 unspecified atom stereocenters. The van der Waals surface area contributed by atoms with Crippen molar-refractivity contribution in [1.82, 2.24) is 4.98 Å². The minimum Gasteiger partial charge on any atom is -0.359 e. The topological polar surface area (TPSA) is 42.8 Å². The van der Waals surface area contributed by atoms with Crippen molar-refractivity contribution >= 4 is 16.6 Å². The summed E-state index contributed by atoms with van der Waals surface area (Å²) in [5, 5.41) is 9.87. The zero-order valence-electron chi connectivity index (χ0n) is 8.91. The van der Waals surface area contributed by atoms with Crippen molar-refractivity contribution in [2.24, 2.45) is 0 Å². The first-order valence-corrected chi connectivity index (χ1v) is 4.89. The molecule has 1 heterocycles. The molecular weight excluding hydrogens is 186 g/mol. The number of aromatic amines is 1. The smallest absolute Gasteiger partial charge is 0.105 e. The summed E-state index contributed by atoms with van der Waals surface area (Å²) in [6, 6.07) is 10.3. The number of anilines is 1. The maximum absolute atomic E-state index is 8.70. The Labute approximate surface area is 88.9 Å². The van der Waals surface area contributed by atoms with E-state index < -0.39 is 0 Å². The first-order chi connectivity index (χ1) is 7.24. The van der Waals surface area contributed by atoms with E-state index >= 15 is 0 Å². The fourth-order valence-corrected chi connectivity index (χ4v) is 1.94. The Bertz CT molecular complexity index is 519. The molecule has 0 amide bonds. The first kappa shape index (κ1) is 9.60. The Balaban J connectivity index is 2.59. The molecule has 3 nitrogen and oxygen atoms in total. The summed E-state index contributed by atoms with van der Waals surface area (Å²) in [6.45, 7) is 2.44. The van der Waals surface area contributed by atoms with E-state index in [1.165, 1.54) is 5.39 Å². The number of hydrogen-bond acceptors (Lipinski definition) is 2. The van der Waals surface area contributed by atoms with Gasteiger partial charge in [0.1, 0.15) is 6.54 Å². The number of aryl methyl sites for hydroxylation is 1. The zero-order chi connectivity index (χ0) is 10.8. The van der Waals surface area contributed by atoms with Crippen LogP contribution in [-0.4, -0.2) is 18.6 Å². The maximum Gasteiger partial charge on any atom is 0.105 e. The lowest BCUT2D eigenvalue weighted by atomic mass is 10.2. The third-order valence-electron chi connectivity index (χ3n) is 2.55. The number of nitrogens with one attached hydrogen (secondary N) is 1. The highest BCUT2D eigenvalue weighted by molar-refractivity contribution is 5.94. The van der Waals surface area contributed by atoms with Gasteiger partial charge in [-0.15, -0.1) is 0 Å². The van der Waals surface area contributed by atoms with Crippen molar-refractivity contribution in [2.45, 2.75) is 6.92 Å². The van der Waals surface area contributed by atoms with Crippen LogP contribution in [0.25, 0.3) is 10.9 Å². The second-order valence-corrected chi connectivity index (χ2v) is 3.66. The van der Waals surface area contributed by atoms with E-state index in [1.807, 2.05) is 37.1 Å². The lowest BCUT2D eigenvalue weighted by molar-refractivity contribution is 1.03. The minimum absolute atomic E-state index is 0.405. The van der Waals surface area contributed by atoms with Crippen molar-refractivity contribution in [3.8, 4) is 6.07 Å². The molecule has 2 rings (SSSR count). The largest absolute Gasteiger partial charge is 0.359 e. The maximum atomic E-state index is 8.70. The van der Waals surface area contributed by atoms with Gasteiger partial charge in [0, 0.05) is 23.6 Å². The molecule has 0 fully saturated rings. The standard InChI is InChI=1S/C12H13N3/c1-9-12(15(2)8-7-13)10-5-3-4-6-11(10)14-9/h3-6,14H,8H2,1-2H3. The predicted octanol–water partition coefficient (Wildman–Crippen LogP) is 2.44. The second kappa shape index (κ2) is 3.66. The van der Waals surface area contributed by atoms with Crippen LogP contribution in [0.5, 0.6) is 0 Å². The number of benzene rings is 1. The van der Waals surface area contributed by atoms with E-state index in [0.717, 1.165) is 16.9 Å². The first-order valence-electron chi connectivity index (χ1n) is 4.89. The molecule has 1 aromatic heterocycles. The van der Waals surface area contributed by atoms with E-state index in [9.17, 15) is 0 Å². The van der Waals surface area contributed by atoms with Crippen LogP contribution < -0.4 is 4.90 Å². The van der Waals surface area contributed by atoms with Crippen molar-refractivity contribution < 1.29 is 0 Å². The Morgan fingerprint density at radius 1 is 1.40 bits per heavy atom. The number of rotatable bonds is 2. The lowest BCUT2D eigenvalue weighted by Gasteiger charge is -2.15. The van der Waals surface area contributed by atoms with Crippen LogP contribution in [0.4, 0.5) is 5.69 Å². The average molecular weight is 199 g/mol. The molecule has 0 atom stereocenters. The van der Waals surface area contributed by atoms with Crippen molar-refractivity contribution in [1.29, 1.82) is 5.26 Å². The highest BCUT2D eigenvalue weighted by atomic mass is 15.1. The fourth-order valence-electron chi connectivity index (χ4n) is 1.94. The summed E-state index contributed by atoms with van der Waals surface area (Å²) >= 11 is 0. The van der Waals surface area contributed by atoms with Gasteiger partial charge in [0.15, 0.2) is 0 Å². The SMILES string of the molecule is Cc1[nH]c2ccccc2c1N(C)CC#N. The minimum atomic E-state index is 0.405. The summed E-state index contributed by atoms with van der Waals surface area (Å²) in [7, 11) is 1.94. The number of para-hydroxylation sites is 1. The Hall–Kier alpha value is -1.95. The van der Waals surface area contributed by atoms with Crippen molar-refractivity contribution in [3.63, 3.8) is 0 Å². The highest BCUT2D eigenvalue weighted by Crippen LogP contribution is 2.29. The van der Waals surface area contributed by atoms with Crippen LogP contribution in [0.15, 0.2) is 24.3 Å². The Morgan fingerprint density at radius 3 is 2.87 bits per heavy atom. The van der Waals surface area contributed by atoms with Crippen LogP contribution in [0, 0.1) is 18.3 Å². The van der Waals surface area contributed by atoms with E-state index in [2.05, 4.69) is 17.1 Å². The molecule has 0 radical (unpaired) electrons. The van der Waals surface area contributed by atoms with E-state index in [0.29, 0.717) is 6.54 Å². The predicted molar refractivity (Wildman–Crippen MR) is 61.9 cm³/mol. The molecule has 0 aliphatic carbocycles. The van der Waals surface area contributed by atoms with Crippen molar-refractivity contribution in [3.05, 3.63) is 30.0 Å². The number of hydrogen-bond donors (Lipinski definition) is 1.